The first-order valence-electron chi connectivity index (χ1n) is 6.85. The summed E-state index contributed by atoms with van der Waals surface area (Å²) in [5.41, 5.74) is 3.49. The molecule has 21 heavy (non-hydrogen) atoms. The van der Waals surface area contributed by atoms with Crippen molar-refractivity contribution in [3.05, 3.63) is 63.2 Å². The van der Waals surface area contributed by atoms with Crippen molar-refractivity contribution in [2.24, 2.45) is 0 Å². The maximum Gasteiger partial charge on any atom is 0.198 e. The van der Waals surface area contributed by atoms with E-state index < -0.39 is 0 Å². The third kappa shape index (κ3) is 3.99. The van der Waals surface area contributed by atoms with Crippen molar-refractivity contribution < 1.29 is 4.74 Å². The molecule has 0 fully saturated rings. The van der Waals surface area contributed by atoms with E-state index >= 15 is 0 Å². The van der Waals surface area contributed by atoms with Crippen LogP contribution >= 0.6 is 0 Å². The maximum absolute atomic E-state index is 12.2. The molecule has 0 saturated heterocycles. The summed E-state index contributed by atoms with van der Waals surface area (Å²) in [4.78, 5) is 18.4. The Balaban J connectivity index is 2.32. The van der Waals surface area contributed by atoms with Crippen LogP contribution in [0.25, 0.3) is 12.2 Å². The van der Waals surface area contributed by atoms with Gasteiger partial charge in [-0.05, 0) is 44.6 Å². The fourth-order valence-corrected chi connectivity index (χ4v) is 1.97. The van der Waals surface area contributed by atoms with Gasteiger partial charge in [-0.1, -0.05) is 11.6 Å². The van der Waals surface area contributed by atoms with Crippen LogP contribution in [0.5, 0.6) is 5.88 Å². The van der Waals surface area contributed by atoms with Crippen LogP contribution in [0.3, 0.4) is 0 Å². The average molecular weight is 284 g/mol. The van der Waals surface area contributed by atoms with Crippen molar-refractivity contribution in [3.63, 3.8) is 0 Å². The number of allylic oxidation sites excluding steroid dienone is 2. The van der Waals surface area contributed by atoms with Crippen molar-refractivity contribution in [1.82, 2.24) is 9.97 Å². The number of hydrogen-bond donors (Lipinski definition) is 2. The molecule has 0 saturated carbocycles. The first kappa shape index (κ1) is 14.9. The van der Waals surface area contributed by atoms with Crippen LogP contribution in [-0.4, -0.2) is 17.1 Å². The summed E-state index contributed by atoms with van der Waals surface area (Å²) in [5.74, 6) is 0.520. The van der Waals surface area contributed by atoms with E-state index in [2.05, 4.69) is 9.97 Å². The molecular weight excluding hydrogens is 264 g/mol. The van der Waals surface area contributed by atoms with Crippen LogP contribution in [0.2, 0.25) is 0 Å². The number of rotatable bonds is 5. The minimum Gasteiger partial charge on any atom is -0.482 e. The highest BCUT2D eigenvalue weighted by molar-refractivity contribution is 5.66. The zero-order valence-electron chi connectivity index (χ0n) is 12.6. The van der Waals surface area contributed by atoms with Crippen LogP contribution in [0, 0.1) is 0 Å². The quantitative estimate of drug-likeness (QED) is 0.827. The maximum atomic E-state index is 12.2. The van der Waals surface area contributed by atoms with E-state index in [-0.39, 0.29) is 5.43 Å². The van der Waals surface area contributed by atoms with Gasteiger partial charge in [0.2, 0.25) is 0 Å². The topological polar surface area (TPSA) is 57.9 Å². The first-order chi connectivity index (χ1) is 10.1. The Morgan fingerprint density at radius 3 is 2.67 bits per heavy atom. The molecule has 0 atom stereocenters. The zero-order valence-corrected chi connectivity index (χ0v) is 12.6. The molecule has 2 N–H and O–H groups in total. The van der Waals surface area contributed by atoms with Gasteiger partial charge in [0.05, 0.1) is 12.7 Å². The van der Waals surface area contributed by atoms with Gasteiger partial charge < -0.3 is 14.7 Å². The third-order valence-corrected chi connectivity index (χ3v) is 3.10. The van der Waals surface area contributed by atoms with Gasteiger partial charge >= 0.3 is 0 Å². The molecular formula is C17H20N2O2. The van der Waals surface area contributed by atoms with Crippen LogP contribution in [0.4, 0.5) is 0 Å². The number of aromatic amines is 2. The molecule has 110 valence electrons. The monoisotopic (exact) mass is 284 g/mol. The van der Waals surface area contributed by atoms with Gasteiger partial charge in [0.25, 0.3) is 0 Å². The van der Waals surface area contributed by atoms with Gasteiger partial charge in [-0.15, -0.1) is 0 Å². The lowest BCUT2D eigenvalue weighted by Gasteiger charge is -2.07. The van der Waals surface area contributed by atoms with Crippen molar-refractivity contribution in [3.8, 4) is 5.88 Å². The van der Waals surface area contributed by atoms with Crippen LogP contribution in [0.15, 0.2) is 40.8 Å². The number of methoxy groups -OCH3 is 1. The molecule has 0 aromatic carbocycles. The van der Waals surface area contributed by atoms with Crippen LogP contribution in [-0.2, 0) is 6.42 Å². The largest absolute Gasteiger partial charge is 0.482 e. The van der Waals surface area contributed by atoms with E-state index in [1.165, 1.54) is 5.57 Å². The van der Waals surface area contributed by atoms with E-state index in [4.69, 9.17) is 4.74 Å². The summed E-state index contributed by atoms with van der Waals surface area (Å²) in [6, 6.07) is 5.47. The highest BCUT2D eigenvalue weighted by atomic mass is 16.5. The number of pyridine rings is 1. The van der Waals surface area contributed by atoms with Crippen LogP contribution in [0.1, 0.15) is 30.8 Å². The second-order valence-electron chi connectivity index (χ2n) is 5.05. The molecule has 2 aromatic heterocycles. The molecule has 0 aliphatic carbocycles. The van der Waals surface area contributed by atoms with Crippen molar-refractivity contribution in [2.75, 3.05) is 7.11 Å². The molecule has 0 unspecified atom stereocenters. The normalized spacial score (nSPS) is 10.8. The predicted octanol–water partition coefficient (Wildman–Crippen LogP) is 3.39. The lowest BCUT2D eigenvalue weighted by atomic mass is 10.1. The summed E-state index contributed by atoms with van der Waals surface area (Å²) in [7, 11) is 1.57. The zero-order chi connectivity index (χ0) is 15.2. The lowest BCUT2D eigenvalue weighted by molar-refractivity contribution is 0.392. The van der Waals surface area contributed by atoms with E-state index in [1.54, 1.807) is 13.2 Å². The van der Waals surface area contributed by atoms with Gasteiger partial charge in [-0.3, -0.25) is 4.79 Å². The van der Waals surface area contributed by atoms with Crippen LogP contribution < -0.4 is 10.2 Å². The fourth-order valence-electron chi connectivity index (χ4n) is 1.97. The second kappa shape index (κ2) is 6.79. The van der Waals surface area contributed by atoms with E-state index in [1.807, 2.05) is 50.4 Å². The molecule has 0 aliphatic rings. The Morgan fingerprint density at radius 1 is 1.29 bits per heavy atom. The smallest absolute Gasteiger partial charge is 0.198 e. The Bertz CT molecular complexity index is 703. The summed E-state index contributed by atoms with van der Waals surface area (Å²) < 4.78 is 5.31. The third-order valence-electron chi connectivity index (χ3n) is 3.10. The van der Waals surface area contributed by atoms with Gasteiger partial charge in [0, 0.05) is 23.7 Å². The number of hydrogen-bond acceptors (Lipinski definition) is 2. The average Bonchev–Trinajstić information content (AvgIpc) is 2.96. The van der Waals surface area contributed by atoms with Gasteiger partial charge in [-0.25, -0.2) is 0 Å². The van der Waals surface area contributed by atoms with E-state index in [9.17, 15) is 4.79 Å². The Hall–Kier alpha value is -2.49. The van der Waals surface area contributed by atoms with Crippen molar-refractivity contribution in [2.45, 2.75) is 20.3 Å². The first-order valence-corrected chi connectivity index (χ1v) is 6.85. The fraction of sp³-hybridized carbons (Fsp3) is 0.235. The lowest BCUT2D eigenvalue weighted by Crippen LogP contribution is -2.12. The minimum atomic E-state index is -0.0192. The number of nitrogens with one attached hydrogen (secondary N) is 2. The Kier molecular flexibility index (Phi) is 4.82. The summed E-state index contributed by atoms with van der Waals surface area (Å²) in [6.45, 7) is 4.02. The number of aromatic nitrogens is 2. The van der Waals surface area contributed by atoms with Gasteiger partial charge in [-0.2, -0.15) is 0 Å². The van der Waals surface area contributed by atoms with Crippen molar-refractivity contribution in [1.29, 1.82) is 0 Å². The summed E-state index contributed by atoms with van der Waals surface area (Å²) in [5, 5.41) is 0. The van der Waals surface area contributed by atoms with E-state index in [0.29, 0.717) is 23.6 Å². The molecule has 0 amide bonds. The van der Waals surface area contributed by atoms with E-state index in [0.717, 1.165) is 5.69 Å². The summed E-state index contributed by atoms with van der Waals surface area (Å²) >= 11 is 0. The summed E-state index contributed by atoms with van der Waals surface area (Å²) in [6.07, 6.45) is 8.19. The molecule has 2 aromatic rings. The molecule has 0 aliphatic heterocycles. The molecule has 4 nitrogen and oxygen atoms in total. The van der Waals surface area contributed by atoms with Gasteiger partial charge in [0.15, 0.2) is 11.3 Å². The van der Waals surface area contributed by atoms with Crippen molar-refractivity contribution >= 4 is 12.2 Å². The molecule has 4 heteroatoms. The Labute approximate surface area is 124 Å². The minimum absolute atomic E-state index is 0.0192. The molecule has 0 bridgehead atoms. The van der Waals surface area contributed by atoms with Gasteiger partial charge in [0.1, 0.15) is 0 Å². The SMILES string of the molecule is COc1[nH]c(/C=C\c2ccc[nH]2)cc(=O)c1CC=C(C)C. The molecule has 2 rings (SSSR count). The highest BCUT2D eigenvalue weighted by Gasteiger charge is 2.08. The molecule has 0 radical (unpaired) electrons. The highest BCUT2D eigenvalue weighted by Crippen LogP contribution is 2.15. The molecule has 2 heterocycles. The number of H-pyrrole nitrogens is 2. The second-order valence-corrected chi connectivity index (χ2v) is 5.05. The predicted molar refractivity (Wildman–Crippen MR) is 86.5 cm³/mol. The number of ether oxygens (including phenoxy) is 1. The standard InChI is InChI=1S/C17H20N2O2/c1-12(2)6-9-15-16(20)11-14(19-17(15)21-3)8-7-13-5-4-10-18-13/h4-8,10-11,18H,9H2,1-3H3,(H,19,20)/b8-7-. The molecule has 0 spiro atoms. The Morgan fingerprint density at radius 2 is 2.05 bits per heavy atom.